The van der Waals surface area contributed by atoms with E-state index in [4.69, 9.17) is 13.9 Å². The predicted octanol–water partition coefficient (Wildman–Crippen LogP) is 3.57. The summed E-state index contributed by atoms with van der Waals surface area (Å²) in [5.41, 5.74) is 1.61. The molecule has 1 heterocycles. The lowest BCUT2D eigenvalue weighted by Gasteiger charge is -2.05. The molecule has 0 amide bonds. The number of esters is 2. The van der Waals surface area contributed by atoms with Gasteiger partial charge in [0.1, 0.15) is 25.4 Å². The Balaban J connectivity index is 2.34. The molecule has 0 saturated heterocycles. The maximum atomic E-state index is 11.8. The van der Waals surface area contributed by atoms with Gasteiger partial charge in [-0.05, 0) is 67.0 Å². The molecule has 7 heteroatoms. The zero-order valence-corrected chi connectivity index (χ0v) is 17.3. The lowest BCUT2D eigenvalue weighted by Crippen LogP contribution is -2.11. The Bertz CT molecular complexity index is 745. The molecule has 0 aliphatic rings. The third kappa shape index (κ3) is 9.55. The van der Waals surface area contributed by atoms with E-state index in [0.717, 1.165) is 24.0 Å². The van der Waals surface area contributed by atoms with Crippen LogP contribution in [0.4, 0.5) is 0 Å². The van der Waals surface area contributed by atoms with Gasteiger partial charge in [0.2, 0.25) is 0 Å². The Morgan fingerprint density at radius 2 is 1.85 bits per heavy atom. The standard InChI is InChI=1S/C19H23IO6/c1-13(5-4-6-14(2)12-25-15(3)21)9-10-24-19(23)11-17-16(20)7-8-18(22)26-17/h6-9H,4-5,10-12H2,1-3H3/b13-9+,14-6+. The molecule has 0 unspecified atom stereocenters. The van der Waals surface area contributed by atoms with Crippen LogP contribution in [-0.4, -0.2) is 25.2 Å². The van der Waals surface area contributed by atoms with Crippen molar-refractivity contribution < 1.29 is 23.5 Å². The summed E-state index contributed by atoms with van der Waals surface area (Å²) in [5.74, 6) is -0.421. The molecule has 6 nitrogen and oxygen atoms in total. The van der Waals surface area contributed by atoms with E-state index in [1.54, 1.807) is 6.07 Å². The first-order valence-corrected chi connectivity index (χ1v) is 9.24. The highest BCUT2D eigenvalue weighted by Gasteiger charge is 2.10. The maximum Gasteiger partial charge on any atom is 0.335 e. The molecule has 1 rings (SSSR count). The fourth-order valence-corrected chi connectivity index (χ4v) is 2.42. The van der Waals surface area contributed by atoms with Crippen molar-refractivity contribution in [3.05, 3.63) is 55.2 Å². The summed E-state index contributed by atoms with van der Waals surface area (Å²) in [4.78, 5) is 33.7. The lowest BCUT2D eigenvalue weighted by atomic mass is 10.1. The number of hydrogen-bond acceptors (Lipinski definition) is 6. The van der Waals surface area contributed by atoms with E-state index in [2.05, 4.69) is 0 Å². The molecule has 1 aromatic heterocycles. The van der Waals surface area contributed by atoms with E-state index in [1.807, 2.05) is 48.6 Å². The minimum atomic E-state index is -0.485. The molecule has 0 saturated carbocycles. The topological polar surface area (TPSA) is 82.8 Å². The van der Waals surface area contributed by atoms with Gasteiger partial charge >= 0.3 is 17.6 Å². The van der Waals surface area contributed by atoms with Crippen LogP contribution in [0.3, 0.4) is 0 Å². The second-order valence-corrected chi connectivity index (χ2v) is 6.97. The summed E-state index contributed by atoms with van der Waals surface area (Å²) in [6.45, 7) is 5.74. The highest BCUT2D eigenvalue weighted by Crippen LogP contribution is 2.11. The predicted molar refractivity (Wildman–Crippen MR) is 106 cm³/mol. The average molecular weight is 474 g/mol. The Morgan fingerprint density at radius 1 is 1.12 bits per heavy atom. The van der Waals surface area contributed by atoms with E-state index >= 15 is 0 Å². The van der Waals surface area contributed by atoms with Gasteiger partial charge in [0.05, 0.1) is 3.57 Å². The summed E-state index contributed by atoms with van der Waals surface area (Å²) in [5, 5.41) is 0. The van der Waals surface area contributed by atoms with Gasteiger partial charge in [0, 0.05) is 13.0 Å². The first-order valence-electron chi connectivity index (χ1n) is 8.16. The van der Waals surface area contributed by atoms with Crippen molar-refractivity contribution in [3.8, 4) is 0 Å². The molecule has 0 aliphatic heterocycles. The van der Waals surface area contributed by atoms with Gasteiger partial charge in [-0.2, -0.15) is 0 Å². The lowest BCUT2D eigenvalue weighted by molar-refractivity contribution is -0.142. The Morgan fingerprint density at radius 3 is 2.54 bits per heavy atom. The van der Waals surface area contributed by atoms with E-state index in [0.29, 0.717) is 15.9 Å². The molecule has 1 aromatic rings. The number of carbonyl (C=O) groups excluding carboxylic acids is 2. The number of halogens is 1. The van der Waals surface area contributed by atoms with Gasteiger partial charge in [-0.3, -0.25) is 9.59 Å². The third-order valence-corrected chi connectivity index (χ3v) is 4.33. The van der Waals surface area contributed by atoms with Gasteiger partial charge in [0.25, 0.3) is 0 Å². The van der Waals surface area contributed by atoms with Gasteiger partial charge in [0.15, 0.2) is 0 Å². The van der Waals surface area contributed by atoms with E-state index < -0.39 is 11.6 Å². The minimum Gasteiger partial charge on any atom is -0.461 e. The van der Waals surface area contributed by atoms with Crippen molar-refractivity contribution in [2.45, 2.75) is 40.0 Å². The number of carbonyl (C=O) groups is 2. The third-order valence-electron chi connectivity index (χ3n) is 3.37. The number of hydrogen-bond donors (Lipinski definition) is 0. The molecule has 142 valence electrons. The summed E-state index contributed by atoms with van der Waals surface area (Å²) in [6, 6.07) is 2.92. The summed E-state index contributed by atoms with van der Waals surface area (Å²) in [6.07, 6.45) is 5.43. The summed E-state index contributed by atoms with van der Waals surface area (Å²) < 4.78 is 15.8. The molecule has 0 aliphatic carbocycles. The normalized spacial score (nSPS) is 12.0. The first kappa shape index (κ1) is 22.1. The van der Waals surface area contributed by atoms with Crippen LogP contribution in [0.1, 0.15) is 39.4 Å². The van der Waals surface area contributed by atoms with Crippen molar-refractivity contribution >= 4 is 34.5 Å². The van der Waals surface area contributed by atoms with Crippen molar-refractivity contribution in [1.29, 1.82) is 0 Å². The molecule has 0 fully saturated rings. The first-order chi connectivity index (χ1) is 12.3. The van der Waals surface area contributed by atoms with Gasteiger partial charge in [-0.25, -0.2) is 4.79 Å². The summed E-state index contributed by atoms with van der Waals surface area (Å²) in [7, 11) is 0. The Labute approximate surface area is 166 Å². The van der Waals surface area contributed by atoms with Crippen LogP contribution in [0, 0.1) is 3.57 Å². The fraction of sp³-hybridized carbons (Fsp3) is 0.421. The molecule has 0 aromatic carbocycles. The molecular formula is C19H23IO6. The number of allylic oxidation sites excluding steroid dienone is 2. The van der Waals surface area contributed by atoms with Crippen molar-refractivity contribution in [3.63, 3.8) is 0 Å². The molecule has 0 bridgehead atoms. The van der Waals surface area contributed by atoms with Crippen LogP contribution >= 0.6 is 22.6 Å². The second kappa shape index (κ2) is 11.7. The number of ether oxygens (including phenoxy) is 2. The van der Waals surface area contributed by atoms with E-state index in [-0.39, 0.29) is 19.0 Å². The van der Waals surface area contributed by atoms with Crippen molar-refractivity contribution in [1.82, 2.24) is 0 Å². The van der Waals surface area contributed by atoms with Gasteiger partial charge in [-0.15, -0.1) is 0 Å². The zero-order chi connectivity index (χ0) is 19.5. The average Bonchev–Trinajstić information content (AvgIpc) is 2.56. The molecular weight excluding hydrogens is 451 g/mol. The monoisotopic (exact) mass is 474 g/mol. The molecule has 26 heavy (non-hydrogen) atoms. The van der Waals surface area contributed by atoms with Crippen LogP contribution in [0.2, 0.25) is 0 Å². The minimum absolute atomic E-state index is 0.0701. The largest absolute Gasteiger partial charge is 0.461 e. The number of rotatable bonds is 9. The van der Waals surface area contributed by atoms with E-state index in [1.165, 1.54) is 13.0 Å². The van der Waals surface area contributed by atoms with Crippen molar-refractivity contribution in [2.75, 3.05) is 13.2 Å². The Kier molecular flexibility index (Phi) is 9.93. The van der Waals surface area contributed by atoms with Crippen LogP contribution in [-0.2, 0) is 25.5 Å². The Hall–Kier alpha value is -1.90. The van der Waals surface area contributed by atoms with Crippen LogP contribution in [0.25, 0.3) is 0 Å². The maximum absolute atomic E-state index is 11.8. The van der Waals surface area contributed by atoms with Crippen LogP contribution < -0.4 is 5.63 Å². The molecule has 0 atom stereocenters. The molecule has 0 spiro atoms. The van der Waals surface area contributed by atoms with Gasteiger partial charge < -0.3 is 13.9 Å². The van der Waals surface area contributed by atoms with Crippen LogP contribution in [0.15, 0.2) is 44.6 Å². The highest BCUT2D eigenvalue weighted by atomic mass is 127. The van der Waals surface area contributed by atoms with Crippen LogP contribution in [0.5, 0.6) is 0 Å². The quantitative estimate of drug-likeness (QED) is 0.309. The molecule has 0 N–H and O–H groups in total. The van der Waals surface area contributed by atoms with E-state index in [9.17, 15) is 14.4 Å². The zero-order valence-electron chi connectivity index (χ0n) is 15.2. The second-order valence-electron chi connectivity index (χ2n) is 5.81. The van der Waals surface area contributed by atoms with Crippen molar-refractivity contribution in [2.24, 2.45) is 0 Å². The molecule has 0 radical (unpaired) electrons. The fourth-order valence-electron chi connectivity index (χ4n) is 1.94. The van der Waals surface area contributed by atoms with Gasteiger partial charge in [-0.1, -0.05) is 11.6 Å². The highest BCUT2D eigenvalue weighted by molar-refractivity contribution is 14.1. The smallest absolute Gasteiger partial charge is 0.335 e. The SMILES string of the molecule is CC(=O)OC/C(C)=C/CC/C(C)=C/COC(=O)Cc1oc(=O)ccc1I. The summed E-state index contributed by atoms with van der Waals surface area (Å²) >= 11 is 2.00.